The van der Waals surface area contributed by atoms with Gasteiger partial charge in [0, 0.05) is 32.2 Å². The summed E-state index contributed by atoms with van der Waals surface area (Å²) in [5, 5.41) is 25.3. The highest BCUT2D eigenvalue weighted by Crippen LogP contribution is 2.14. The third-order valence-electron chi connectivity index (χ3n) is 8.20. The number of carbonyl (C=O) groups excluding carboxylic acids is 3. The number of hydrogen-bond donors (Lipinski definition) is 6. The number of carbonyl (C=O) groups is 4. The van der Waals surface area contributed by atoms with Gasteiger partial charge in [-0.15, -0.1) is 10.2 Å². The number of amides is 3. The summed E-state index contributed by atoms with van der Waals surface area (Å²) < 4.78 is 52.6. The number of carboxylic acids is 1. The molecule has 0 aliphatic rings. The Morgan fingerprint density at radius 2 is 1.08 bits per heavy atom. The molecule has 1 rings (SSSR count). The van der Waals surface area contributed by atoms with Crippen LogP contribution in [0.25, 0.3) is 0 Å². The van der Waals surface area contributed by atoms with Gasteiger partial charge in [-0.2, -0.15) is 5.21 Å². The topological polar surface area (TPSA) is 273 Å². The molecule has 1 aromatic rings. The van der Waals surface area contributed by atoms with Crippen LogP contribution in [0.5, 0.6) is 0 Å². The number of carboxylic acid groups (broad SMARTS) is 1. The van der Waals surface area contributed by atoms with Crippen LogP contribution in [0.15, 0.2) is 0 Å². The zero-order valence-corrected chi connectivity index (χ0v) is 31.5. The van der Waals surface area contributed by atoms with Crippen molar-refractivity contribution in [2.75, 3.05) is 18.1 Å². The Kier molecular flexibility index (Phi) is 24.7. The molecule has 0 aromatic carbocycles. The van der Waals surface area contributed by atoms with Crippen molar-refractivity contribution in [1.82, 2.24) is 35.4 Å². The van der Waals surface area contributed by atoms with Crippen molar-refractivity contribution in [2.45, 2.75) is 154 Å². The van der Waals surface area contributed by atoms with Crippen LogP contribution in [0.4, 0.5) is 0 Å². The zero-order valence-electron chi connectivity index (χ0n) is 29.9. The van der Waals surface area contributed by atoms with Crippen molar-refractivity contribution in [3.63, 3.8) is 0 Å². The van der Waals surface area contributed by atoms with Crippen molar-refractivity contribution in [2.24, 2.45) is 5.73 Å². The summed E-state index contributed by atoms with van der Waals surface area (Å²) >= 11 is 0. The predicted octanol–water partition coefficient (Wildman–Crippen LogP) is 2.74. The lowest BCUT2D eigenvalue weighted by Crippen LogP contribution is -2.35. The van der Waals surface area contributed by atoms with Crippen LogP contribution >= 0.6 is 0 Å². The van der Waals surface area contributed by atoms with E-state index in [-0.39, 0.29) is 44.4 Å². The lowest BCUT2D eigenvalue weighted by atomic mass is 10.0. The first-order valence-electron chi connectivity index (χ1n) is 18.3. The Hall–Kier alpha value is -3.19. The molecular weight excluding hydrogens is 705 g/mol. The molecule has 0 aliphatic carbocycles. The normalized spacial score (nSPS) is 12.3. The van der Waals surface area contributed by atoms with Crippen LogP contribution in [-0.2, 0) is 45.6 Å². The van der Waals surface area contributed by atoms with Crippen molar-refractivity contribution in [1.29, 1.82) is 0 Å². The lowest BCUT2D eigenvalue weighted by molar-refractivity contribution is -0.138. The molecule has 0 bridgehead atoms. The smallest absolute Gasteiger partial charge is 0.320 e. The highest BCUT2D eigenvalue weighted by Gasteiger charge is 2.18. The molecule has 1 aromatic heterocycles. The fourth-order valence-electron chi connectivity index (χ4n) is 5.30. The average molecular weight is 765 g/mol. The number of aromatic amines is 1. The summed E-state index contributed by atoms with van der Waals surface area (Å²) in [5.41, 5.74) is 5.40. The van der Waals surface area contributed by atoms with Gasteiger partial charge >= 0.3 is 5.97 Å². The molecule has 0 spiro atoms. The Labute approximate surface area is 302 Å². The molecule has 294 valence electrons. The predicted molar refractivity (Wildman–Crippen MR) is 192 cm³/mol. The zero-order chi connectivity index (χ0) is 37.8. The summed E-state index contributed by atoms with van der Waals surface area (Å²) in [6, 6.07) is -0.953. The number of nitrogens with two attached hydrogens (primary N) is 1. The van der Waals surface area contributed by atoms with Crippen molar-refractivity contribution >= 4 is 43.7 Å². The molecular formula is C32H60N8O9S2. The molecule has 51 heavy (non-hydrogen) atoms. The molecule has 17 nitrogen and oxygen atoms in total. The van der Waals surface area contributed by atoms with Gasteiger partial charge in [0.05, 0.1) is 11.5 Å². The number of aryl methyl sites for hydroxylation is 1. The summed E-state index contributed by atoms with van der Waals surface area (Å²) in [6.45, 7) is 0.299. The Balaban J connectivity index is 1.99. The molecule has 1 heterocycles. The summed E-state index contributed by atoms with van der Waals surface area (Å²) in [6.07, 6.45) is 17.3. The lowest BCUT2D eigenvalue weighted by Gasteiger charge is -2.09. The minimum Gasteiger partial charge on any atom is -0.480 e. The quantitative estimate of drug-likeness (QED) is 0.0563. The van der Waals surface area contributed by atoms with Gasteiger partial charge in [-0.25, -0.2) is 16.8 Å². The molecule has 0 saturated carbocycles. The van der Waals surface area contributed by atoms with E-state index >= 15 is 0 Å². The van der Waals surface area contributed by atoms with Crippen LogP contribution in [0.2, 0.25) is 0 Å². The van der Waals surface area contributed by atoms with Gasteiger partial charge < -0.3 is 16.2 Å². The fraction of sp³-hybridized carbons (Fsp3) is 0.844. The van der Waals surface area contributed by atoms with E-state index < -0.39 is 55.4 Å². The summed E-state index contributed by atoms with van der Waals surface area (Å²) in [5.74, 6) is -3.13. The molecule has 0 saturated heterocycles. The van der Waals surface area contributed by atoms with Gasteiger partial charge in [0.15, 0.2) is 5.82 Å². The van der Waals surface area contributed by atoms with Crippen molar-refractivity contribution < 1.29 is 41.1 Å². The Bertz CT molecular complexity index is 1340. The first-order chi connectivity index (χ1) is 24.3. The SMILES string of the molecule is N[C@@H](CCCCNC(=O)CCCS(=O)(=O)NC(=O)CCCS(=O)(=O)NC(=O)CCCCCCCCCCCCCCCCc1nn[nH]n1)C(=O)O. The maximum absolute atomic E-state index is 12.2. The molecule has 1 atom stereocenters. The summed E-state index contributed by atoms with van der Waals surface area (Å²) in [7, 11) is -7.97. The average Bonchev–Trinajstić information content (AvgIpc) is 3.57. The summed E-state index contributed by atoms with van der Waals surface area (Å²) in [4.78, 5) is 46.7. The first-order valence-corrected chi connectivity index (χ1v) is 21.6. The second kappa shape index (κ2) is 27.5. The van der Waals surface area contributed by atoms with Gasteiger partial charge in [-0.3, -0.25) is 28.6 Å². The van der Waals surface area contributed by atoms with Crippen LogP contribution in [0.1, 0.15) is 147 Å². The van der Waals surface area contributed by atoms with E-state index in [2.05, 4.69) is 25.9 Å². The monoisotopic (exact) mass is 764 g/mol. The second-order valence-electron chi connectivity index (χ2n) is 13.0. The third-order valence-corrected chi connectivity index (χ3v) is 10.9. The largest absolute Gasteiger partial charge is 0.480 e. The van der Waals surface area contributed by atoms with Gasteiger partial charge in [0.1, 0.15) is 6.04 Å². The number of H-pyrrole nitrogens is 1. The molecule has 0 fully saturated rings. The maximum Gasteiger partial charge on any atom is 0.320 e. The minimum atomic E-state index is -4.02. The van der Waals surface area contributed by atoms with Crippen LogP contribution < -0.4 is 20.5 Å². The highest BCUT2D eigenvalue weighted by molar-refractivity contribution is 7.90. The number of sulfonamides is 2. The van der Waals surface area contributed by atoms with E-state index in [1.807, 2.05) is 9.44 Å². The van der Waals surface area contributed by atoms with Gasteiger partial charge in [0.2, 0.25) is 37.8 Å². The molecule has 3 amide bonds. The standard InChI is InChI=1S/C32H60N8O9S2/c33-27(32(44)45)19-15-16-24-34-29(41)22-17-25-50(46,47)38-31(43)23-18-26-51(48,49)37-30(42)21-14-12-10-8-6-4-2-1-3-5-7-9-11-13-20-28-35-39-40-36-28/h27H,1-26,33H2,(H,34,41)(H,37,42)(H,38,43)(H,44,45)(H,35,36,39,40)/t27-/m0/s1. The van der Waals surface area contributed by atoms with Gasteiger partial charge in [-0.05, 0) is 44.9 Å². The minimum absolute atomic E-state index is 0.0356. The molecule has 7 N–H and O–H groups in total. The number of aromatic nitrogens is 4. The number of rotatable bonds is 33. The molecule has 0 unspecified atom stereocenters. The van der Waals surface area contributed by atoms with Gasteiger partial charge in [-0.1, -0.05) is 82.3 Å². The Morgan fingerprint density at radius 1 is 0.627 bits per heavy atom. The number of nitrogens with one attached hydrogen (secondary N) is 4. The maximum atomic E-state index is 12.2. The molecule has 19 heteroatoms. The van der Waals surface area contributed by atoms with E-state index in [1.54, 1.807) is 0 Å². The van der Waals surface area contributed by atoms with Crippen LogP contribution in [-0.4, -0.2) is 90.3 Å². The number of unbranched alkanes of at least 4 members (excludes halogenated alkanes) is 14. The number of tetrazole rings is 1. The first kappa shape index (κ1) is 45.8. The van der Waals surface area contributed by atoms with E-state index in [9.17, 15) is 36.0 Å². The van der Waals surface area contributed by atoms with E-state index in [0.717, 1.165) is 44.3 Å². The molecule has 0 aliphatic heterocycles. The van der Waals surface area contributed by atoms with Crippen LogP contribution in [0, 0.1) is 0 Å². The molecule has 0 radical (unpaired) electrons. The Morgan fingerprint density at radius 3 is 1.55 bits per heavy atom. The number of hydrogen-bond acceptors (Lipinski definition) is 12. The highest BCUT2D eigenvalue weighted by atomic mass is 32.2. The number of nitrogens with zero attached hydrogens (tertiary/aromatic N) is 3. The van der Waals surface area contributed by atoms with Crippen molar-refractivity contribution in [3.8, 4) is 0 Å². The van der Waals surface area contributed by atoms with Crippen molar-refractivity contribution in [3.05, 3.63) is 5.82 Å². The second-order valence-corrected chi connectivity index (χ2v) is 16.6. The van der Waals surface area contributed by atoms with E-state index in [4.69, 9.17) is 10.8 Å². The van der Waals surface area contributed by atoms with E-state index in [1.165, 1.54) is 51.4 Å². The third kappa shape index (κ3) is 27.2. The van der Waals surface area contributed by atoms with Gasteiger partial charge in [0.25, 0.3) is 0 Å². The number of aliphatic carboxylic acids is 1. The van der Waals surface area contributed by atoms with Crippen LogP contribution in [0.3, 0.4) is 0 Å². The fourth-order valence-corrected chi connectivity index (χ4v) is 7.45. The van der Waals surface area contributed by atoms with E-state index in [0.29, 0.717) is 25.8 Å².